The van der Waals surface area contributed by atoms with E-state index in [1.165, 1.54) is 13.3 Å². The molecule has 1 aromatic rings. The fourth-order valence-corrected chi connectivity index (χ4v) is 1.58. The number of nitrogens with one attached hydrogen (secondary N) is 2. The van der Waals surface area contributed by atoms with E-state index in [0.717, 1.165) is 0 Å². The van der Waals surface area contributed by atoms with Gasteiger partial charge in [0, 0.05) is 16.8 Å². The molecule has 0 aromatic heterocycles. The van der Waals surface area contributed by atoms with Crippen LogP contribution in [0.2, 0.25) is 5.02 Å². The minimum Gasteiger partial charge on any atom is -0.495 e. The lowest BCUT2D eigenvalue weighted by Crippen LogP contribution is -2.32. The molecule has 0 saturated carbocycles. The molecular weight excluding hydrogens is 290 g/mol. The number of anilines is 1. The Balaban J connectivity index is 2.94. The summed E-state index contributed by atoms with van der Waals surface area (Å²) in [4.78, 5) is 12.1. The lowest BCUT2D eigenvalue weighted by atomic mass is 10.1. The average Bonchev–Trinajstić information content (AvgIpc) is 2.38. The number of hydrogen-bond donors (Lipinski definition) is 2. The van der Waals surface area contributed by atoms with Crippen molar-refractivity contribution < 1.29 is 9.53 Å². The van der Waals surface area contributed by atoms with Crippen LogP contribution in [-0.4, -0.2) is 18.6 Å². The Morgan fingerprint density at radius 1 is 1.43 bits per heavy atom. The highest BCUT2D eigenvalue weighted by molar-refractivity contribution is 6.31. The van der Waals surface area contributed by atoms with E-state index in [9.17, 15) is 4.79 Å². The van der Waals surface area contributed by atoms with E-state index in [2.05, 4.69) is 10.6 Å². The van der Waals surface area contributed by atoms with Gasteiger partial charge in [-0.3, -0.25) is 4.79 Å². The number of hydrogen-bond acceptors (Lipinski definition) is 4. The van der Waals surface area contributed by atoms with Crippen LogP contribution >= 0.6 is 11.6 Å². The molecule has 1 rings (SSSR count). The van der Waals surface area contributed by atoms with Gasteiger partial charge < -0.3 is 15.4 Å². The van der Waals surface area contributed by atoms with Gasteiger partial charge in [-0.15, -0.1) is 0 Å². The quantitative estimate of drug-likeness (QED) is 0.662. The van der Waals surface area contributed by atoms with E-state index >= 15 is 0 Å². The van der Waals surface area contributed by atoms with Crippen LogP contribution in [0.1, 0.15) is 20.8 Å². The van der Waals surface area contributed by atoms with Crippen LogP contribution in [0.5, 0.6) is 5.75 Å². The van der Waals surface area contributed by atoms with Gasteiger partial charge in [0.1, 0.15) is 17.4 Å². The van der Waals surface area contributed by atoms with E-state index in [4.69, 9.17) is 21.6 Å². The zero-order chi connectivity index (χ0) is 16.0. The van der Waals surface area contributed by atoms with Crippen molar-refractivity contribution >= 4 is 23.2 Å². The monoisotopic (exact) mass is 307 g/mol. The van der Waals surface area contributed by atoms with Crippen molar-refractivity contribution in [2.45, 2.75) is 26.3 Å². The van der Waals surface area contributed by atoms with Crippen molar-refractivity contribution in [1.82, 2.24) is 5.32 Å². The summed E-state index contributed by atoms with van der Waals surface area (Å²) < 4.78 is 5.14. The summed E-state index contributed by atoms with van der Waals surface area (Å²) in [6.07, 6.45) is 1.40. The third-order valence-corrected chi connectivity index (χ3v) is 2.66. The van der Waals surface area contributed by atoms with Gasteiger partial charge in [-0.2, -0.15) is 5.26 Å². The second kappa shape index (κ2) is 7.00. The number of methoxy groups -OCH3 is 1. The predicted molar refractivity (Wildman–Crippen MR) is 83.2 cm³/mol. The first-order chi connectivity index (χ1) is 9.76. The van der Waals surface area contributed by atoms with Gasteiger partial charge >= 0.3 is 0 Å². The topological polar surface area (TPSA) is 74.1 Å². The number of benzene rings is 1. The van der Waals surface area contributed by atoms with Crippen molar-refractivity contribution in [3.8, 4) is 11.8 Å². The maximum absolute atomic E-state index is 12.1. The number of halogens is 1. The summed E-state index contributed by atoms with van der Waals surface area (Å²) in [6, 6.07) is 6.71. The van der Waals surface area contributed by atoms with Crippen molar-refractivity contribution in [2.75, 3.05) is 12.4 Å². The molecule has 21 heavy (non-hydrogen) atoms. The number of rotatable bonds is 4. The van der Waals surface area contributed by atoms with Crippen LogP contribution in [0.25, 0.3) is 0 Å². The summed E-state index contributed by atoms with van der Waals surface area (Å²) in [5, 5.41) is 15.1. The molecule has 0 atom stereocenters. The molecule has 1 amide bonds. The smallest absolute Gasteiger partial charge is 0.267 e. The minimum atomic E-state index is -0.533. The van der Waals surface area contributed by atoms with Gasteiger partial charge in [0.05, 0.1) is 12.8 Å². The van der Waals surface area contributed by atoms with Gasteiger partial charge in [-0.05, 0) is 39.0 Å². The van der Waals surface area contributed by atoms with E-state index in [-0.39, 0.29) is 11.1 Å². The van der Waals surface area contributed by atoms with Gasteiger partial charge in [0.25, 0.3) is 5.91 Å². The first-order valence-corrected chi connectivity index (χ1v) is 6.67. The Morgan fingerprint density at radius 3 is 2.62 bits per heavy atom. The third kappa shape index (κ3) is 5.36. The van der Waals surface area contributed by atoms with Gasteiger partial charge in [0.2, 0.25) is 0 Å². The summed E-state index contributed by atoms with van der Waals surface area (Å²) in [7, 11) is 1.49. The SMILES string of the molecule is COc1ccc(Cl)cc1NC(=O)/C(C#N)=C\NC(C)(C)C. The van der Waals surface area contributed by atoms with E-state index in [0.29, 0.717) is 16.5 Å². The molecule has 0 saturated heterocycles. The summed E-state index contributed by atoms with van der Waals surface area (Å²) >= 11 is 5.89. The van der Waals surface area contributed by atoms with Crippen LogP contribution in [0, 0.1) is 11.3 Å². The van der Waals surface area contributed by atoms with Crippen LogP contribution in [0.4, 0.5) is 5.69 Å². The number of ether oxygens (including phenoxy) is 1. The Kier molecular flexibility index (Phi) is 5.62. The highest BCUT2D eigenvalue weighted by Gasteiger charge is 2.14. The van der Waals surface area contributed by atoms with Crippen LogP contribution in [-0.2, 0) is 4.79 Å². The number of amides is 1. The molecule has 0 unspecified atom stereocenters. The van der Waals surface area contributed by atoms with Gasteiger partial charge in [-0.1, -0.05) is 11.6 Å². The second-order valence-electron chi connectivity index (χ2n) is 5.36. The average molecular weight is 308 g/mol. The molecule has 0 aliphatic rings. The summed E-state index contributed by atoms with van der Waals surface area (Å²) in [5.74, 6) is -0.0661. The summed E-state index contributed by atoms with van der Waals surface area (Å²) in [6.45, 7) is 5.78. The lowest BCUT2D eigenvalue weighted by Gasteiger charge is -2.19. The molecule has 0 aliphatic heterocycles. The molecule has 112 valence electrons. The summed E-state index contributed by atoms with van der Waals surface area (Å²) in [5.41, 5.74) is 0.134. The van der Waals surface area contributed by atoms with E-state index in [1.807, 2.05) is 26.8 Å². The zero-order valence-electron chi connectivity index (χ0n) is 12.5. The van der Waals surface area contributed by atoms with E-state index in [1.54, 1.807) is 18.2 Å². The molecule has 0 spiro atoms. The molecule has 0 radical (unpaired) electrons. The molecule has 0 heterocycles. The molecule has 6 heteroatoms. The Morgan fingerprint density at radius 2 is 2.10 bits per heavy atom. The van der Waals surface area contributed by atoms with Crippen molar-refractivity contribution in [2.24, 2.45) is 0 Å². The maximum Gasteiger partial charge on any atom is 0.267 e. The zero-order valence-corrected chi connectivity index (χ0v) is 13.2. The van der Waals surface area contributed by atoms with Crippen LogP contribution in [0.3, 0.4) is 0 Å². The molecular formula is C15H18ClN3O2. The molecule has 0 aliphatic carbocycles. The Hall–Kier alpha value is -2.19. The van der Waals surface area contributed by atoms with E-state index < -0.39 is 5.91 Å². The highest BCUT2D eigenvalue weighted by atomic mass is 35.5. The first-order valence-electron chi connectivity index (χ1n) is 6.29. The molecule has 5 nitrogen and oxygen atoms in total. The lowest BCUT2D eigenvalue weighted by molar-refractivity contribution is -0.112. The molecule has 1 aromatic carbocycles. The number of carbonyl (C=O) groups excluding carboxylic acids is 1. The highest BCUT2D eigenvalue weighted by Crippen LogP contribution is 2.27. The second-order valence-corrected chi connectivity index (χ2v) is 5.80. The van der Waals surface area contributed by atoms with Gasteiger partial charge in [-0.25, -0.2) is 0 Å². The van der Waals surface area contributed by atoms with Crippen LogP contribution in [0.15, 0.2) is 30.0 Å². The van der Waals surface area contributed by atoms with Crippen molar-refractivity contribution in [1.29, 1.82) is 5.26 Å². The maximum atomic E-state index is 12.1. The minimum absolute atomic E-state index is 0.0352. The number of nitrogens with zero attached hydrogens (tertiary/aromatic N) is 1. The number of nitriles is 1. The molecule has 2 N–H and O–H groups in total. The van der Waals surface area contributed by atoms with Gasteiger partial charge in [0.15, 0.2) is 0 Å². The molecule has 0 fully saturated rings. The number of carbonyl (C=O) groups is 1. The fourth-order valence-electron chi connectivity index (χ4n) is 1.40. The largest absolute Gasteiger partial charge is 0.495 e. The van der Waals surface area contributed by atoms with Crippen LogP contribution < -0.4 is 15.4 Å². The normalized spacial score (nSPS) is 11.5. The third-order valence-electron chi connectivity index (χ3n) is 2.42. The standard InChI is InChI=1S/C15H18ClN3O2/c1-15(2,3)18-9-10(8-17)14(20)19-12-7-11(16)5-6-13(12)21-4/h5-7,9,18H,1-4H3,(H,19,20)/b10-9-. The first kappa shape index (κ1) is 16.9. The van der Waals surface area contributed by atoms with Crippen molar-refractivity contribution in [3.63, 3.8) is 0 Å². The predicted octanol–water partition coefficient (Wildman–Crippen LogP) is 3.08. The Bertz CT molecular complexity index is 598. The fraction of sp³-hybridized carbons (Fsp3) is 0.333. The Labute approximate surface area is 129 Å². The molecule has 0 bridgehead atoms. The van der Waals surface area contributed by atoms with Crippen molar-refractivity contribution in [3.05, 3.63) is 35.0 Å².